The molecule has 5 nitrogen and oxygen atoms in total. The minimum Gasteiger partial charge on any atom is -0.380 e. The second-order valence-corrected chi connectivity index (χ2v) is 5.06. The van der Waals surface area contributed by atoms with Crippen LogP contribution in [0.5, 0.6) is 0 Å². The van der Waals surface area contributed by atoms with Gasteiger partial charge in [-0.25, -0.2) is 9.69 Å². The van der Waals surface area contributed by atoms with E-state index in [1.807, 2.05) is 25.1 Å². The van der Waals surface area contributed by atoms with Crippen LogP contribution >= 0.6 is 0 Å². The Kier molecular flexibility index (Phi) is 2.78. The first-order chi connectivity index (χ1) is 9.11. The zero-order chi connectivity index (χ0) is 13.6. The molecule has 2 saturated heterocycles. The van der Waals surface area contributed by atoms with Crippen molar-refractivity contribution >= 4 is 17.6 Å². The van der Waals surface area contributed by atoms with E-state index < -0.39 is 0 Å². The number of aryl methyl sites for hydroxylation is 1. The molecule has 2 atom stereocenters. The Labute approximate surface area is 111 Å². The van der Waals surface area contributed by atoms with Crippen molar-refractivity contribution < 1.29 is 14.3 Å². The molecular formula is C14H16N2O3. The van der Waals surface area contributed by atoms with Crippen LogP contribution in [0, 0.1) is 6.92 Å². The normalized spacial score (nSPS) is 26.2. The van der Waals surface area contributed by atoms with E-state index in [4.69, 9.17) is 4.74 Å². The number of rotatable bonds is 2. The average Bonchev–Trinajstić information content (AvgIpc) is 2.91. The maximum absolute atomic E-state index is 12.4. The second kappa shape index (κ2) is 4.35. The number of hydrogen-bond donors (Lipinski definition) is 0. The number of methoxy groups -OCH3 is 1. The Morgan fingerprint density at radius 1 is 1.32 bits per heavy atom. The number of imide groups is 1. The van der Waals surface area contributed by atoms with Gasteiger partial charge >= 0.3 is 6.03 Å². The number of carbonyl (C=O) groups excluding carboxylic acids is 2. The molecule has 100 valence electrons. The van der Waals surface area contributed by atoms with E-state index in [9.17, 15) is 9.59 Å². The molecule has 0 N–H and O–H groups in total. The molecule has 2 aliphatic rings. The van der Waals surface area contributed by atoms with Gasteiger partial charge in [0.05, 0.1) is 11.8 Å². The smallest absolute Gasteiger partial charge is 0.332 e. The molecule has 2 aliphatic heterocycles. The van der Waals surface area contributed by atoms with Gasteiger partial charge in [0.15, 0.2) is 0 Å². The number of nitrogens with zero attached hydrogens (tertiary/aromatic N) is 2. The van der Waals surface area contributed by atoms with Crippen molar-refractivity contribution in [2.45, 2.75) is 25.5 Å². The molecule has 0 aliphatic carbocycles. The summed E-state index contributed by atoms with van der Waals surface area (Å²) in [5.41, 5.74) is 1.68. The second-order valence-electron chi connectivity index (χ2n) is 5.06. The quantitative estimate of drug-likeness (QED) is 0.758. The monoisotopic (exact) mass is 260 g/mol. The molecular weight excluding hydrogens is 244 g/mol. The number of anilines is 1. The van der Waals surface area contributed by atoms with Crippen molar-refractivity contribution in [3.05, 3.63) is 29.8 Å². The summed E-state index contributed by atoms with van der Waals surface area (Å²) in [5.74, 6) is -0.143. The SMILES string of the molecule is COC1CC2C(=O)N(c3cccc(C)c3)C(=O)N2C1. The largest absolute Gasteiger partial charge is 0.380 e. The lowest BCUT2D eigenvalue weighted by Gasteiger charge is -2.17. The molecule has 0 saturated carbocycles. The molecule has 2 fully saturated rings. The fourth-order valence-corrected chi connectivity index (χ4v) is 2.79. The van der Waals surface area contributed by atoms with Crippen LogP contribution in [0.25, 0.3) is 0 Å². The zero-order valence-electron chi connectivity index (χ0n) is 11.0. The van der Waals surface area contributed by atoms with Crippen LogP contribution in [-0.2, 0) is 9.53 Å². The van der Waals surface area contributed by atoms with Gasteiger partial charge in [0.2, 0.25) is 0 Å². The van der Waals surface area contributed by atoms with Crippen LogP contribution in [0.1, 0.15) is 12.0 Å². The van der Waals surface area contributed by atoms with E-state index in [1.54, 1.807) is 18.1 Å². The summed E-state index contributed by atoms with van der Waals surface area (Å²) < 4.78 is 5.24. The highest BCUT2D eigenvalue weighted by molar-refractivity contribution is 6.21. The highest BCUT2D eigenvalue weighted by Gasteiger charge is 2.51. The van der Waals surface area contributed by atoms with Crippen LogP contribution in [0.4, 0.5) is 10.5 Å². The topological polar surface area (TPSA) is 49.9 Å². The fraction of sp³-hybridized carbons (Fsp3) is 0.429. The molecule has 1 aromatic carbocycles. The molecule has 1 aromatic rings. The van der Waals surface area contributed by atoms with Crippen molar-refractivity contribution in [2.24, 2.45) is 0 Å². The van der Waals surface area contributed by atoms with E-state index in [2.05, 4.69) is 0 Å². The van der Waals surface area contributed by atoms with E-state index >= 15 is 0 Å². The molecule has 0 radical (unpaired) electrons. The lowest BCUT2D eigenvalue weighted by atomic mass is 10.1. The van der Waals surface area contributed by atoms with Crippen molar-refractivity contribution in [3.63, 3.8) is 0 Å². The number of ether oxygens (including phenoxy) is 1. The van der Waals surface area contributed by atoms with E-state index in [0.29, 0.717) is 18.7 Å². The number of benzene rings is 1. The van der Waals surface area contributed by atoms with Crippen molar-refractivity contribution in [3.8, 4) is 0 Å². The van der Waals surface area contributed by atoms with Crippen molar-refractivity contribution in [1.82, 2.24) is 4.90 Å². The number of amides is 3. The first-order valence-corrected chi connectivity index (χ1v) is 6.36. The van der Waals surface area contributed by atoms with E-state index in [-0.39, 0.29) is 24.1 Å². The van der Waals surface area contributed by atoms with E-state index in [1.165, 1.54) is 4.90 Å². The third-order valence-corrected chi connectivity index (χ3v) is 3.80. The Hall–Kier alpha value is -1.88. The van der Waals surface area contributed by atoms with Crippen LogP contribution in [0.2, 0.25) is 0 Å². The summed E-state index contributed by atoms with van der Waals surface area (Å²) in [6.45, 7) is 2.44. The van der Waals surface area contributed by atoms with Crippen LogP contribution in [-0.4, -0.2) is 42.6 Å². The third-order valence-electron chi connectivity index (χ3n) is 3.80. The Morgan fingerprint density at radius 2 is 2.11 bits per heavy atom. The summed E-state index contributed by atoms with van der Waals surface area (Å²) in [6.07, 6.45) is 0.557. The Bertz CT molecular complexity index is 519. The molecule has 0 spiro atoms. The van der Waals surface area contributed by atoms with Gasteiger partial charge in [-0.3, -0.25) is 4.79 Å². The highest BCUT2D eigenvalue weighted by atomic mass is 16.5. The maximum Gasteiger partial charge on any atom is 0.332 e. The number of carbonyl (C=O) groups is 2. The summed E-state index contributed by atoms with van der Waals surface area (Å²) in [4.78, 5) is 27.6. The summed E-state index contributed by atoms with van der Waals surface area (Å²) >= 11 is 0. The number of urea groups is 1. The molecule has 2 unspecified atom stereocenters. The van der Waals surface area contributed by atoms with Gasteiger partial charge in [-0.15, -0.1) is 0 Å². The minimum absolute atomic E-state index is 0.0300. The predicted molar refractivity (Wildman–Crippen MR) is 70.0 cm³/mol. The van der Waals surface area contributed by atoms with Crippen LogP contribution < -0.4 is 4.90 Å². The van der Waals surface area contributed by atoms with Crippen molar-refractivity contribution in [1.29, 1.82) is 0 Å². The highest BCUT2D eigenvalue weighted by Crippen LogP contribution is 2.32. The summed E-state index contributed by atoms with van der Waals surface area (Å²) in [6, 6.07) is 6.84. The predicted octanol–water partition coefficient (Wildman–Crippen LogP) is 1.55. The lowest BCUT2D eigenvalue weighted by Crippen LogP contribution is -2.35. The van der Waals surface area contributed by atoms with E-state index in [0.717, 1.165) is 5.56 Å². The van der Waals surface area contributed by atoms with Gasteiger partial charge in [-0.1, -0.05) is 12.1 Å². The van der Waals surface area contributed by atoms with Crippen molar-refractivity contribution in [2.75, 3.05) is 18.6 Å². The number of hydrogen-bond acceptors (Lipinski definition) is 3. The fourth-order valence-electron chi connectivity index (χ4n) is 2.79. The zero-order valence-corrected chi connectivity index (χ0v) is 11.0. The molecule has 19 heavy (non-hydrogen) atoms. The molecule has 0 aromatic heterocycles. The molecule has 0 bridgehead atoms. The van der Waals surface area contributed by atoms with Gasteiger partial charge in [0, 0.05) is 20.1 Å². The third kappa shape index (κ3) is 1.81. The molecule has 3 amide bonds. The van der Waals surface area contributed by atoms with Gasteiger partial charge in [0.1, 0.15) is 6.04 Å². The molecule has 3 rings (SSSR count). The Morgan fingerprint density at radius 3 is 2.74 bits per heavy atom. The van der Waals surface area contributed by atoms with Gasteiger partial charge < -0.3 is 9.64 Å². The molecule has 2 heterocycles. The Balaban J connectivity index is 1.91. The van der Waals surface area contributed by atoms with Crippen LogP contribution in [0.3, 0.4) is 0 Å². The first kappa shape index (κ1) is 12.2. The van der Waals surface area contributed by atoms with Gasteiger partial charge in [-0.2, -0.15) is 0 Å². The summed E-state index contributed by atoms with van der Waals surface area (Å²) in [7, 11) is 1.61. The molecule has 5 heteroatoms. The van der Waals surface area contributed by atoms with Crippen LogP contribution in [0.15, 0.2) is 24.3 Å². The first-order valence-electron chi connectivity index (χ1n) is 6.36. The minimum atomic E-state index is -0.363. The summed E-state index contributed by atoms with van der Waals surface area (Å²) in [5, 5.41) is 0. The average molecular weight is 260 g/mol. The maximum atomic E-state index is 12.4. The standard InChI is InChI=1S/C14H16N2O3/c1-9-4-3-5-10(6-9)16-13(17)12-7-11(19-2)8-15(12)14(16)18/h3-6,11-12H,7-8H2,1-2H3. The lowest BCUT2D eigenvalue weighted by molar-refractivity contribution is -0.119. The van der Waals surface area contributed by atoms with Gasteiger partial charge in [0.25, 0.3) is 5.91 Å². The number of fused-ring (bicyclic) bond motifs is 1. The van der Waals surface area contributed by atoms with Gasteiger partial charge in [-0.05, 0) is 24.6 Å².